The summed E-state index contributed by atoms with van der Waals surface area (Å²) < 4.78 is 22.8. The van der Waals surface area contributed by atoms with Crippen molar-refractivity contribution in [1.29, 1.82) is 0 Å². The molecule has 1 aromatic carbocycles. The lowest BCUT2D eigenvalue weighted by molar-refractivity contribution is 0.454. The highest BCUT2D eigenvalue weighted by Crippen LogP contribution is 2.17. The van der Waals surface area contributed by atoms with E-state index in [1.165, 1.54) is 5.39 Å². The molecule has 8 nitrogen and oxygen atoms in total. The van der Waals surface area contributed by atoms with E-state index >= 15 is 0 Å². The number of nitrogens with zero attached hydrogens (tertiary/aromatic N) is 1. The van der Waals surface area contributed by atoms with Crippen molar-refractivity contribution in [3.05, 3.63) is 30.5 Å². The number of hydrogen-bond donors (Lipinski definition) is 6. The smallest absolute Gasteiger partial charge is 0.299 e. The highest BCUT2D eigenvalue weighted by molar-refractivity contribution is 7.73. The van der Waals surface area contributed by atoms with E-state index in [9.17, 15) is 0 Å². The van der Waals surface area contributed by atoms with Crippen molar-refractivity contribution >= 4 is 33.9 Å². The number of hydrogen-bond acceptors (Lipinski definition) is 3. The first-order valence-corrected chi connectivity index (χ1v) is 7.71. The number of aromatic amines is 1. The summed E-state index contributed by atoms with van der Waals surface area (Å²) in [6.07, 6.45) is 3.98. The molecule has 122 valence electrons. The minimum Gasteiger partial charge on any atom is -0.385 e. The second-order valence-corrected chi connectivity index (χ2v) is 4.91. The molecule has 9 heteroatoms. The normalized spacial score (nSPS) is 10.1. The van der Waals surface area contributed by atoms with Gasteiger partial charge in [-0.15, -0.1) is 0 Å². The lowest BCUT2D eigenvalue weighted by atomic mass is 10.2. The molecule has 0 unspecified atom stereocenters. The zero-order chi connectivity index (χ0) is 16.4. The first-order valence-electron chi connectivity index (χ1n) is 6.65. The largest absolute Gasteiger partial charge is 0.385 e. The standard InChI is InChI=1S/C13H19N5.H2O3S/c14-13(15)18-7-2-1-6-16-11-3-4-12-10(9-11)5-8-17-12;1-4(2)3/h3-5,8-9,16-17H,1-2,6-7H2,(H4,14,15,18);(H2,1,2,3). The first-order chi connectivity index (χ1) is 10.5. The molecular formula is C13H21N5O3S. The zero-order valence-electron chi connectivity index (χ0n) is 12.0. The van der Waals surface area contributed by atoms with Crippen molar-refractivity contribution in [2.45, 2.75) is 12.8 Å². The topological polar surface area (TPSA) is 150 Å². The molecule has 1 aromatic heterocycles. The van der Waals surface area contributed by atoms with Crippen LogP contribution < -0.4 is 16.8 Å². The Morgan fingerprint density at radius 2 is 2.00 bits per heavy atom. The van der Waals surface area contributed by atoms with Crippen LogP contribution >= 0.6 is 0 Å². The van der Waals surface area contributed by atoms with Gasteiger partial charge in [0.25, 0.3) is 11.4 Å². The molecule has 8 N–H and O–H groups in total. The number of guanidine groups is 1. The number of nitrogens with one attached hydrogen (secondary N) is 2. The maximum atomic E-state index is 8.67. The molecule has 1 heterocycles. The molecule has 0 saturated heterocycles. The lowest BCUT2D eigenvalue weighted by Crippen LogP contribution is -2.23. The second kappa shape index (κ2) is 9.77. The van der Waals surface area contributed by atoms with Gasteiger partial charge in [-0.2, -0.15) is 4.21 Å². The van der Waals surface area contributed by atoms with Crippen LogP contribution in [0.15, 0.2) is 35.5 Å². The van der Waals surface area contributed by atoms with E-state index in [1.54, 1.807) is 0 Å². The Bertz CT molecular complexity index is 621. The maximum absolute atomic E-state index is 8.67. The number of H-pyrrole nitrogens is 1. The molecule has 0 saturated carbocycles. The average Bonchev–Trinajstić information content (AvgIpc) is 2.89. The fourth-order valence-electron chi connectivity index (χ4n) is 1.84. The number of aliphatic imine (C=N–C) groups is 1. The summed E-state index contributed by atoms with van der Waals surface area (Å²) in [7, 11) is 0. The predicted molar refractivity (Wildman–Crippen MR) is 90.1 cm³/mol. The van der Waals surface area contributed by atoms with Crippen LogP contribution in [0.4, 0.5) is 5.69 Å². The molecule has 0 atom stereocenters. The minimum absolute atomic E-state index is 0.167. The van der Waals surface area contributed by atoms with Crippen LogP contribution in [0, 0.1) is 0 Å². The van der Waals surface area contributed by atoms with Crippen LogP contribution in [0.5, 0.6) is 0 Å². The molecule has 2 rings (SSSR count). The predicted octanol–water partition coefficient (Wildman–Crippen LogP) is 1.31. The third-order valence-electron chi connectivity index (χ3n) is 2.76. The van der Waals surface area contributed by atoms with Gasteiger partial charge in [-0.1, -0.05) is 0 Å². The molecule has 0 aliphatic carbocycles. The average molecular weight is 327 g/mol. The molecule has 0 fully saturated rings. The van der Waals surface area contributed by atoms with Crippen molar-refractivity contribution in [3.63, 3.8) is 0 Å². The molecule has 0 aliphatic rings. The Kier molecular flexibility index (Phi) is 7.97. The molecule has 0 bridgehead atoms. The number of rotatable bonds is 6. The van der Waals surface area contributed by atoms with E-state index in [0.717, 1.165) is 30.6 Å². The fourth-order valence-corrected chi connectivity index (χ4v) is 1.84. The van der Waals surface area contributed by atoms with Crippen molar-refractivity contribution < 1.29 is 13.3 Å². The van der Waals surface area contributed by atoms with E-state index in [0.29, 0.717) is 6.54 Å². The minimum atomic E-state index is -2.61. The van der Waals surface area contributed by atoms with Gasteiger partial charge in [0.15, 0.2) is 5.96 Å². The Labute approximate surface area is 131 Å². The molecular weight excluding hydrogens is 306 g/mol. The summed E-state index contributed by atoms with van der Waals surface area (Å²) in [6.45, 7) is 1.62. The van der Waals surface area contributed by atoms with Gasteiger partial charge >= 0.3 is 0 Å². The maximum Gasteiger partial charge on any atom is 0.299 e. The van der Waals surface area contributed by atoms with Gasteiger partial charge in [0.2, 0.25) is 0 Å². The van der Waals surface area contributed by atoms with Gasteiger partial charge in [0.05, 0.1) is 0 Å². The van der Waals surface area contributed by atoms with E-state index in [2.05, 4.69) is 39.6 Å². The summed E-state index contributed by atoms with van der Waals surface area (Å²) in [5, 5.41) is 4.61. The summed E-state index contributed by atoms with van der Waals surface area (Å²) in [5.41, 5.74) is 12.8. The Hall–Kier alpha value is -2.10. The SMILES string of the molecule is NC(N)=NCCCCNc1ccc2[nH]ccc2c1.O=S(O)O. The number of benzene rings is 1. The fraction of sp³-hybridized carbons (Fsp3) is 0.308. The Morgan fingerprint density at radius 3 is 2.68 bits per heavy atom. The monoisotopic (exact) mass is 327 g/mol. The van der Waals surface area contributed by atoms with Crippen molar-refractivity contribution in [2.75, 3.05) is 18.4 Å². The van der Waals surface area contributed by atoms with Gasteiger partial charge in [0.1, 0.15) is 0 Å². The summed E-state index contributed by atoms with van der Waals surface area (Å²) in [6, 6.07) is 8.37. The van der Waals surface area contributed by atoms with E-state index in [1.807, 2.05) is 6.20 Å². The van der Waals surface area contributed by atoms with Crippen LogP contribution in [0.25, 0.3) is 10.9 Å². The number of unbranched alkanes of at least 4 members (excludes halogenated alkanes) is 1. The van der Waals surface area contributed by atoms with Gasteiger partial charge in [-0.3, -0.25) is 14.1 Å². The molecule has 0 aliphatic heterocycles. The van der Waals surface area contributed by atoms with Gasteiger partial charge < -0.3 is 21.8 Å². The second-order valence-electron chi connectivity index (χ2n) is 4.45. The van der Waals surface area contributed by atoms with E-state index in [4.69, 9.17) is 24.8 Å². The van der Waals surface area contributed by atoms with E-state index < -0.39 is 11.4 Å². The highest BCUT2D eigenvalue weighted by atomic mass is 32.2. The molecule has 0 spiro atoms. The molecule has 0 amide bonds. The number of fused-ring (bicyclic) bond motifs is 1. The van der Waals surface area contributed by atoms with Crippen molar-refractivity contribution in [2.24, 2.45) is 16.5 Å². The molecule has 0 radical (unpaired) electrons. The van der Waals surface area contributed by atoms with E-state index in [-0.39, 0.29) is 5.96 Å². The van der Waals surface area contributed by atoms with Crippen LogP contribution in [0.2, 0.25) is 0 Å². The summed E-state index contributed by atoms with van der Waals surface area (Å²) in [5.74, 6) is 0.167. The lowest BCUT2D eigenvalue weighted by Gasteiger charge is -2.05. The van der Waals surface area contributed by atoms with Crippen molar-refractivity contribution in [3.8, 4) is 0 Å². The molecule has 22 heavy (non-hydrogen) atoms. The van der Waals surface area contributed by atoms with Crippen LogP contribution in [-0.4, -0.2) is 37.3 Å². The van der Waals surface area contributed by atoms with Crippen LogP contribution in [0.1, 0.15) is 12.8 Å². The Morgan fingerprint density at radius 1 is 1.27 bits per heavy atom. The van der Waals surface area contributed by atoms with Crippen LogP contribution in [-0.2, 0) is 11.4 Å². The van der Waals surface area contributed by atoms with Gasteiger partial charge in [-0.05, 0) is 37.1 Å². The van der Waals surface area contributed by atoms with Crippen molar-refractivity contribution in [1.82, 2.24) is 4.98 Å². The van der Waals surface area contributed by atoms with Crippen LogP contribution in [0.3, 0.4) is 0 Å². The quantitative estimate of drug-likeness (QED) is 0.204. The number of anilines is 1. The molecule has 2 aromatic rings. The number of nitrogens with two attached hydrogens (primary N) is 2. The third-order valence-corrected chi connectivity index (χ3v) is 2.76. The van der Waals surface area contributed by atoms with Gasteiger partial charge in [-0.25, -0.2) is 0 Å². The highest BCUT2D eigenvalue weighted by Gasteiger charge is 1.96. The zero-order valence-corrected chi connectivity index (χ0v) is 12.8. The summed E-state index contributed by atoms with van der Waals surface area (Å²) in [4.78, 5) is 7.12. The Balaban J connectivity index is 0.000000541. The van der Waals surface area contributed by atoms with Gasteiger partial charge in [0, 0.05) is 35.9 Å². The third kappa shape index (κ3) is 7.62. The summed E-state index contributed by atoms with van der Waals surface area (Å²) >= 11 is -2.61. The number of aromatic nitrogens is 1. The first kappa shape index (κ1) is 18.0.